The van der Waals surface area contributed by atoms with Crippen molar-refractivity contribution in [3.8, 4) is 5.69 Å². The van der Waals surface area contributed by atoms with E-state index in [2.05, 4.69) is 26.2 Å². The number of nitrogens with zero attached hydrogens (tertiary/aromatic N) is 3. The van der Waals surface area contributed by atoms with Crippen molar-refractivity contribution >= 4 is 21.9 Å². The number of halogens is 1. The Balaban J connectivity index is 2.55. The highest BCUT2D eigenvalue weighted by Crippen LogP contribution is 2.16. The SMILES string of the molecule is CCc1nnn(-c2ccc(Br)cc2)c1C(=O)O. The van der Waals surface area contributed by atoms with E-state index in [0.717, 1.165) is 4.47 Å². The second-order valence-corrected chi connectivity index (χ2v) is 4.35. The Hall–Kier alpha value is -1.69. The van der Waals surface area contributed by atoms with E-state index in [1.54, 1.807) is 12.1 Å². The van der Waals surface area contributed by atoms with Gasteiger partial charge in [0.05, 0.1) is 11.4 Å². The highest BCUT2D eigenvalue weighted by atomic mass is 79.9. The molecule has 0 unspecified atom stereocenters. The average molecular weight is 296 g/mol. The molecule has 0 aliphatic carbocycles. The molecule has 0 amide bonds. The molecule has 5 nitrogen and oxygen atoms in total. The van der Waals surface area contributed by atoms with Gasteiger partial charge in [-0.1, -0.05) is 28.1 Å². The first-order valence-corrected chi connectivity index (χ1v) is 5.86. The van der Waals surface area contributed by atoms with Crippen LogP contribution in [-0.4, -0.2) is 26.1 Å². The molecule has 2 aromatic rings. The fourth-order valence-electron chi connectivity index (χ4n) is 1.53. The Kier molecular flexibility index (Phi) is 3.23. The van der Waals surface area contributed by atoms with Gasteiger partial charge in [-0.2, -0.15) is 0 Å². The number of aromatic nitrogens is 3. The van der Waals surface area contributed by atoms with Crippen LogP contribution in [0.2, 0.25) is 0 Å². The van der Waals surface area contributed by atoms with Gasteiger partial charge in [-0.3, -0.25) is 0 Å². The van der Waals surface area contributed by atoms with E-state index in [-0.39, 0.29) is 5.69 Å². The Labute approximate surface area is 106 Å². The number of aryl methyl sites for hydroxylation is 1. The molecule has 1 aromatic heterocycles. The first kappa shape index (κ1) is 11.8. The monoisotopic (exact) mass is 295 g/mol. The maximum Gasteiger partial charge on any atom is 0.356 e. The van der Waals surface area contributed by atoms with Crippen LogP contribution in [0.25, 0.3) is 5.69 Å². The number of aromatic carboxylic acids is 1. The molecule has 0 aliphatic heterocycles. The van der Waals surface area contributed by atoms with E-state index < -0.39 is 5.97 Å². The molecule has 6 heteroatoms. The van der Waals surface area contributed by atoms with Crippen LogP contribution >= 0.6 is 15.9 Å². The Morgan fingerprint density at radius 2 is 2.06 bits per heavy atom. The number of hydrogen-bond donors (Lipinski definition) is 1. The molecule has 88 valence electrons. The van der Waals surface area contributed by atoms with Crippen LogP contribution in [0.4, 0.5) is 0 Å². The molecular formula is C11H10BrN3O2. The third-order valence-corrected chi connectivity index (χ3v) is 2.88. The van der Waals surface area contributed by atoms with Gasteiger partial charge in [0, 0.05) is 4.47 Å². The van der Waals surface area contributed by atoms with E-state index in [1.165, 1.54) is 4.68 Å². The molecule has 17 heavy (non-hydrogen) atoms. The van der Waals surface area contributed by atoms with Gasteiger partial charge in [0.25, 0.3) is 0 Å². The molecule has 0 saturated carbocycles. The summed E-state index contributed by atoms with van der Waals surface area (Å²) in [5.74, 6) is -1.02. The van der Waals surface area contributed by atoms with Crippen molar-refractivity contribution in [2.45, 2.75) is 13.3 Å². The number of carbonyl (C=O) groups is 1. The molecule has 0 saturated heterocycles. The molecule has 0 atom stereocenters. The molecule has 0 aliphatic rings. The lowest BCUT2D eigenvalue weighted by molar-refractivity contribution is 0.0686. The molecule has 0 fully saturated rings. The van der Waals surface area contributed by atoms with Gasteiger partial charge in [0.15, 0.2) is 5.69 Å². The minimum atomic E-state index is -1.02. The number of hydrogen-bond acceptors (Lipinski definition) is 3. The molecule has 0 radical (unpaired) electrons. The number of carboxylic acids is 1. The molecular weight excluding hydrogens is 286 g/mol. The standard InChI is InChI=1S/C11H10BrN3O2/c1-2-9-10(11(16)17)15(14-13-9)8-5-3-7(12)4-6-8/h3-6H,2H2,1H3,(H,16,17). The van der Waals surface area contributed by atoms with Gasteiger partial charge >= 0.3 is 5.97 Å². The summed E-state index contributed by atoms with van der Waals surface area (Å²) in [5, 5.41) is 16.9. The third kappa shape index (κ3) is 2.21. The van der Waals surface area contributed by atoms with Crippen LogP contribution < -0.4 is 0 Å². The summed E-state index contributed by atoms with van der Waals surface area (Å²) < 4.78 is 2.27. The van der Waals surface area contributed by atoms with Gasteiger partial charge in [0.2, 0.25) is 0 Å². The van der Waals surface area contributed by atoms with Crippen molar-refractivity contribution in [2.75, 3.05) is 0 Å². The summed E-state index contributed by atoms with van der Waals surface area (Å²) in [6, 6.07) is 7.22. The third-order valence-electron chi connectivity index (χ3n) is 2.35. The number of carboxylic acid groups (broad SMARTS) is 1. The van der Waals surface area contributed by atoms with Gasteiger partial charge in [-0.05, 0) is 30.7 Å². The van der Waals surface area contributed by atoms with Gasteiger partial charge in [0.1, 0.15) is 0 Å². The minimum Gasteiger partial charge on any atom is -0.476 e. The zero-order chi connectivity index (χ0) is 12.4. The highest BCUT2D eigenvalue weighted by Gasteiger charge is 2.19. The number of rotatable bonds is 3. The molecule has 1 aromatic carbocycles. The summed E-state index contributed by atoms with van der Waals surface area (Å²) in [7, 11) is 0. The summed E-state index contributed by atoms with van der Waals surface area (Å²) in [6.45, 7) is 1.85. The van der Waals surface area contributed by atoms with Crippen molar-refractivity contribution in [3.63, 3.8) is 0 Å². The van der Waals surface area contributed by atoms with Crippen LogP contribution in [0, 0.1) is 0 Å². The van der Waals surface area contributed by atoms with Crippen LogP contribution in [0.15, 0.2) is 28.7 Å². The van der Waals surface area contributed by atoms with E-state index in [1.807, 2.05) is 19.1 Å². The van der Waals surface area contributed by atoms with Crippen molar-refractivity contribution in [1.29, 1.82) is 0 Å². The maximum absolute atomic E-state index is 11.2. The van der Waals surface area contributed by atoms with Crippen molar-refractivity contribution in [1.82, 2.24) is 15.0 Å². The number of benzene rings is 1. The maximum atomic E-state index is 11.2. The largest absolute Gasteiger partial charge is 0.476 e. The van der Waals surface area contributed by atoms with Crippen molar-refractivity contribution in [3.05, 3.63) is 40.1 Å². The predicted molar refractivity (Wildman–Crippen MR) is 65.4 cm³/mol. The topological polar surface area (TPSA) is 68.0 Å². The highest BCUT2D eigenvalue weighted by molar-refractivity contribution is 9.10. The van der Waals surface area contributed by atoms with Crippen molar-refractivity contribution < 1.29 is 9.90 Å². The molecule has 1 N–H and O–H groups in total. The second kappa shape index (κ2) is 4.67. The lowest BCUT2D eigenvalue weighted by Crippen LogP contribution is -2.09. The van der Waals surface area contributed by atoms with Crippen LogP contribution in [-0.2, 0) is 6.42 Å². The van der Waals surface area contributed by atoms with Gasteiger partial charge in [-0.15, -0.1) is 5.10 Å². The molecule has 2 rings (SSSR count). The quantitative estimate of drug-likeness (QED) is 0.943. The zero-order valence-corrected chi connectivity index (χ0v) is 10.7. The second-order valence-electron chi connectivity index (χ2n) is 3.43. The minimum absolute atomic E-state index is 0.120. The van der Waals surface area contributed by atoms with E-state index in [9.17, 15) is 9.90 Å². The fraction of sp³-hybridized carbons (Fsp3) is 0.182. The Morgan fingerprint density at radius 3 is 2.59 bits per heavy atom. The van der Waals surface area contributed by atoms with Gasteiger partial charge in [-0.25, -0.2) is 9.48 Å². The lowest BCUT2D eigenvalue weighted by Gasteiger charge is -2.03. The smallest absolute Gasteiger partial charge is 0.356 e. The fourth-order valence-corrected chi connectivity index (χ4v) is 1.79. The lowest BCUT2D eigenvalue weighted by atomic mass is 10.2. The Morgan fingerprint density at radius 1 is 1.41 bits per heavy atom. The average Bonchev–Trinajstić information content (AvgIpc) is 2.73. The normalized spacial score (nSPS) is 10.5. The first-order chi connectivity index (χ1) is 8.13. The predicted octanol–water partition coefficient (Wildman–Crippen LogP) is 2.29. The molecule has 0 bridgehead atoms. The van der Waals surface area contributed by atoms with E-state index in [4.69, 9.17) is 0 Å². The van der Waals surface area contributed by atoms with E-state index in [0.29, 0.717) is 17.8 Å². The first-order valence-electron chi connectivity index (χ1n) is 5.07. The van der Waals surface area contributed by atoms with Crippen LogP contribution in [0.5, 0.6) is 0 Å². The Bertz CT molecular complexity index is 548. The molecule has 0 spiro atoms. The van der Waals surface area contributed by atoms with Crippen molar-refractivity contribution in [2.24, 2.45) is 0 Å². The van der Waals surface area contributed by atoms with E-state index >= 15 is 0 Å². The molecule has 1 heterocycles. The van der Waals surface area contributed by atoms with Crippen LogP contribution in [0.3, 0.4) is 0 Å². The zero-order valence-electron chi connectivity index (χ0n) is 9.09. The summed E-state index contributed by atoms with van der Waals surface area (Å²) in [5.41, 5.74) is 1.29. The summed E-state index contributed by atoms with van der Waals surface area (Å²) >= 11 is 3.32. The van der Waals surface area contributed by atoms with Gasteiger partial charge < -0.3 is 5.11 Å². The van der Waals surface area contributed by atoms with Crippen LogP contribution in [0.1, 0.15) is 23.1 Å². The summed E-state index contributed by atoms with van der Waals surface area (Å²) in [4.78, 5) is 11.2. The summed E-state index contributed by atoms with van der Waals surface area (Å²) in [6.07, 6.45) is 0.540.